The van der Waals surface area contributed by atoms with E-state index in [1.165, 1.54) is 43.3 Å². The molecule has 0 spiro atoms. The van der Waals surface area contributed by atoms with Gasteiger partial charge in [-0.15, -0.1) is 0 Å². The molecule has 9 nitrogen and oxygen atoms in total. The number of nitrogens with zero attached hydrogens (tertiary/aromatic N) is 3. The topological polar surface area (TPSA) is 119 Å². The molecular weight excluding hydrogens is 456 g/mol. The highest BCUT2D eigenvalue weighted by Crippen LogP contribution is 2.39. The predicted molar refractivity (Wildman–Crippen MR) is 121 cm³/mol. The first-order chi connectivity index (χ1) is 16.2. The van der Waals surface area contributed by atoms with Crippen LogP contribution in [0.15, 0.2) is 78.2 Å². The van der Waals surface area contributed by atoms with Gasteiger partial charge in [-0.05, 0) is 29.3 Å². The minimum Gasteiger partial charge on any atom is -0.323 e. The summed E-state index contributed by atoms with van der Waals surface area (Å²) >= 11 is 0. The van der Waals surface area contributed by atoms with Gasteiger partial charge in [0.05, 0.1) is 10.9 Å². The van der Waals surface area contributed by atoms with Crippen molar-refractivity contribution in [1.29, 1.82) is 0 Å². The van der Waals surface area contributed by atoms with Gasteiger partial charge >= 0.3 is 0 Å². The van der Waals surface area contributed by atoms with Crippen LogP contribution < -0.4 is 4.98 Å². The van der Waals surface area contributed by atoms with E-state index in [0.717, 1.165) is 9.87 Å². The first kappa shape index (κ1) is 23.4. The standard InChI is InChI=1S/C24H22N4O5S/c1-27(2)34(32,33)19-7-5-18(6-8-19)22(29)20-21(17-9-12-25-13-10-17)28(24(31)23(20)30)15-16-4-3-11-26-14-16/h3-14,20-21H,15H2,1-2H3/p+1. The number of rotatable bonds is 7. The van der Waals surface area contributed by atoms with Crippen LogP contribution in [0, 0.1) is 5.92 Å². The number of hydrogen-bond acceptors (Lipinski definition) is 6. The average Bonchev–Trinajstić information content (AvgIpc) is 3.09. The maximum atomic E-state index is 13.5. The fourth-order valence-corrected chi connectivity index (χ4v) is 4.90. The quantitative estimate of drug-likeness (QED) is 0.286. The molecule has 0 radical (unpaired) electrons. The van der Waals surface area contributed by atoms with Gasteiger partial charge in [0, 0.05) is 50.7 Å². The molecule has 1 aromatic carbocycles. The van der Waals surface area contributed by atoms with Gasteiger partial charge in [0.1, 0.15) is 5.92 Å². The van der Waals surface area contributed by atoms with Gasteiger partial charge in [-0.25, -0.2) is 17.7 Å². The molecule has 3 aromatic rings. The molecule has 1 aliphatic heterocycles. The van der Waals surface area contributed by atoms with E-state index in [0.29, 0.717) is 5.56 Å². The first-order valence-corrected chi connectivity index (χ1v) is 11.9. The minimum absolute atomic E-state index is 0.0243. The number of pyridine rings is 2. The molecule has 0 bridgehead atoms. The zero-order chi connectivity index (χ0) is 24.5. The van der Waals surface area contributed by atoms with Crippen LogP contribution in [0.5, 0.6) is 0 Å². The number of benzene rings is 1. The lowest BCUT2D eigenvalue weighted by Crippen LogP contribution is -2.30. The summed E-state index contributed by atoms with van der Waals surface area (Å²) in [6, 6.07) is 11.5. The van der Waals surface area contributed by atoms with E-state index in [2.05, 4.69) is 9.97 Å². The lowest BCUT2D eigenvalue weighted by atomic mass is 9.86. The maximum absolute atomic E-state index is 13.5. The Labute approximate surface area is 197 Å². The second-order valence-electron chi connectivity index (χ2n) is 8.09. The second kappa shape index (κ2) is 9.24. The van der Waals surface area contributed by atoms with Crippen LogP contribution in [0.1, 0.15) is 27.5 Å². The number of H-pyrrole nitrogens is 1. The number of sulfonamides is 1. The average molecular weight is 480 g/mol. The van der Waals surface area contributed by atoms with Crippen LogP contribution in [0.2, 0.25) is 0 Å². The Kier molecular flexibility index (Phi) is 6.36. The number of aromatic amines is 1. The summed E-state index contributed by atoms with van der Waals surface area (Å²) < 4.78 is 25.8. The molecule has 0 aliphatic carbocycles. The van der Waals surface area contributed by atoms with Crippen molar-refractivity contribution >= 4 is 27.5 Å². The minimum atomic E-state index is -3.67. The molecule has 2 unspecified atom stereocenters. The summed E-state index contributed by atoms with van der Waals surface area (Å²) in [7, 11) is -0.846. The maximum Gasteiger partial charge on any atom is 0.291 e. The van der Waals surface area contributed by atoms with Crippen molar-refractivity contribution in [3.8, 4) is 0 Å². The molecule has 10 heteroatoms. The number of hydrogen-bond donors (Lipinski definition) is 0. The Hall–Kier alpha value is -3.76. The molecule has 1 fully saturated rings. The number of carbonyl (C=O) groups is 3. The Bertz CT molecular complexity index is 1330. The fourth-order valence-electron chi connectivity index (χ4n) is 4.00. The van der Waals surface area contributed by atoms with E-state index in [4.69, 9.17) is 0 Å². The van der Waals surface area contributed by atoms with Crippen molar-refractivity contribution in [2.45, 2.75) is 17.5 Å². The summed E-state index contributed by atoms with van der Waals surface area (Å²) in [5.41, 5.74) is 1.51. The largest absolute Gasteiger partial charge is 0.323 e. The van der Waals surface area contributed by atoms with E-state index in [1.54, 1.807) is 49.1 Å². The molecule has 2 aromatic heterocycles. The molecule has 34 heavy (non-hydrogen) atoms. The molecule has 2 atom stereocenters. The number of ketones is 2. The van der Waals surface area contributed by atoms with Crippen molar-refractivity contribution in [3.63, 3.8) is 0 Å². The number of amides is 1. The molecule has 0 saturated carbocycles. The Morgan fingerprint density at radius 3 is 2.32 bits per heavy atom. The number of likely N-dealkylation sites (tertiary alicyclic amines) is 1. The molecule has 174 valence electrons. The van der Waals surface area contributed by atoms with Crippen molar-refractivity contribution in [2.24, 2.45) is 5.92 Å². The molecule has 1 aliphatic rings. The number of nitrogens with one attached hydrogen (secondary N) is 1. The molecule has 1 saturated heterocycles. The summed E-state index contributed by atoms with van der Waals surface area (Å²) in [6.45, 7) is 0.117. The van der Waals surface area contributed by atoms with Crippen LogP contribution in [0.4, 0.5) is 0 Å². The summed E-state index contributed by atoms with van der Waals surface area (Å²) in [5.74, 6) is -3.34. The molecule has 3 heterocycles. The van der Waals surface area contributed by atoms with Crippen LogP contribution in [0.3, 0.4) is 0 Å². The lowest BCUT2D eigenvalue weighted by molar-refractivity contribution is -0.378. The van der Waals surface area contributed by atoms with Crippen molar-refractivity contribution in [3.05, 3.63) is 90.0 Å². The van der Waals surface area contributed by atoms with E-state index in [1.807, 2.05) is 0 Å². The van der Waals surface area contributed by atoms with E-state index in [-0.39, 0.29) is 17.0 Å². The monoisotopic (exact) mass is 479 g/mol. The summed E-state index contributed by atoms with van der Waals surface area (Å²) in [6.07, 6.45) is 6.53. The number of Topliss-reactive ketones (excluding diaryl/α,β-unsaturated/α-hetero) is 2. The second-order valence-corrected chi connectivity index (χ2v) is 10.2. The van der Waals surface area contributed by atoms with Gasteiger partial charge in [-0.3, -0.25) is 19.4 Å². The van der Waals surface area contributed by atoms with Crippen LogP contribution in [-0.4, -0.2) is 54.2 Å². The Morgan fingerprint density at radius 2 is 1.74 bits per heavy atom. The molecular formula is C24H23N4O5S+. The smallest absolute Gasteiger partial charge is 0.291 e. The van der Waals surface area contributed by atoms with E-state index in [9.17, 15) is 22.8 Å². The molecule has 1 N–H and O–H groups in total. The number of carbonyl (C=O) groups excluding carboxylic acids is 3. The van der Waals surface area contributed by atoms with Crippen LogP contribution in [-0.2, 0) is 26.2 Å². The summed E-state index contributed by atoms with van der Waals surface area (Å²) in [4.78, 5) is 48.0. The van der Waals surface area contributed by atoms with E-state index >= 15 is 0 Å². The molecule has 4 rings (SSSR count). The lowest BCUT2D eigenvalue weighted by Gasteiger charge is -2.26. The highest BCUT2D eigenvalue weighted by molar-refractivity contribution is 7.89. The Balaban J connectivity index is 1.72. The van der Waals surface area contributed by atoms with Gasteiger partial charge in [0.15, 0.2) is 18.2 Å². The Morgan fingerprint density at radius 1 is 1.06 bits per heavy atom. The van der Waals surface area contributed by atoms with Crippen LogP contribution >= 0.6 is 0 Å². The predicted octanol–water partition coefficient (Wildman–Crippen LogP) is 1.30. The highest BCUT2D eigenvalue weighted by atomic mass is 32.2. The van der Waals surface area contributed by atoms with Gasteiger partial charge < -0.3 is 4.90 Å². The molecule has 1 amide bonds. The summed E-state index contributed by atoms with van der Waals surface area (Å²) in [5, 5.41) is 0. The third kappa shape index (κ3) is 4.25. The van der Waals surface area contributed by atoms with Gasteiger partial charge in [-0.2, -0.15) is 0 Å². The van der Waals surface area contributed by atoms with E-state index < -0.39 is 39.5 Å². The highest BCUT2D eigenvalue weighted by Gasteiger charge is 2.51. The van der Waals surface area contributed by atoms with Crippen molar-refractivity contribution in [2.75, 3.05) is 14.1 Å². The van der Waals surface area contributed by atoms with Gasteiger partial charge in [0.25, 0.3) is 5.91 Å². The zero-order valence-corrected chi connectivity index (χ0v) is 19.4. The SMILES string of the molecule is CN(C)S(=O)(=O)c1ccc(C(=O)C2C(=O)C(=O)N(Cc3cccnc3)C2c2cc[nH+]cc2)cc1. The normalized spacial score (nSPS) is 18.5. The van der Waals surface area contributed by atoms with Crippen LogP contribution in [0.25, 0.3) is 0 Å². The van der Waals surface area contributed by atoms with Gasteiger partial charge in [-0.1, -0.05) is 18.2 Å². The third-order valence-electron chi connectivity index (χ3n) is 5.77. The first-order valence-electron chi connectivity index (χ1n) is 10.5. The number of aromatic nitrogens is 2. The fraction of sp³-hybridized carbons (Fsp3) is 0.208. The third-order valence-corrected chi connectivity index (χ3v) is 7.60. The van der Waals surface area contributed by atoms with Crippen molar-refractivity contribution < 1.29 is 27.8 Å². The van der Waals surface area contributed by atoms with Gasteiger partial charge in [0.2, 0.25) is 15.8 Å². The van der Waals surface area contributed by atoms with Crippen molar-refractivity contribution in [1.82, 2.24) is 14.2 Å². The zero-order valence-electron chi connectivity index (χ0n) is 18.6.